The molecule has 0 heterocycles. The Morgan fingerprint density at radius 3 is 2.65 bits per heavy atom. The van der Waals surface area contributed by atoms with Crippen LogP contribution in [0.1, 0.15) is 6.42 Å². The van der Waals surface area contributed by atoms with Gasteiger partial charge in [-0.15, -0.1) is 12.4 Å². The smallest absolute Gasteiger partial charge is 0.243 e. The Morgan fingerprint density at radius 2 is 2.06 bits per heavy atom. The molecule has 0 bridgehead atoms. The number of nitrogens with one attached hydrogen (secondary N) is 1. The van der Waals surface area contributed by atoms with E-state index in [0.717, 1.165) is 0 Å². The van der Waals surface area contributed by atoms with Crippen LogP contribution < -0.4 is 10.5 Å². The number of halogens is 3. The molecule has 1 aromatic rings. The fraction of sp³-hybridized carbons (Fsp3) is 0.333. The molecule has 0 aliphatic carbocycles. The SMILES string of the molecule is Cl.NCCCNS(=O)(=O)c1cccc(Br)c1F. The van der Waals surface area contributed by atoms with Crippen molar-refractivity contribution in [3.05, 3.63) is 28.5 Å². The van der Waals surface area contributed by atoms with E-state index in [1.165, 1.54) is 18.2 Å². The van der Waals surface area contributed by atoms with E-state index in [2.05, 4.69) is 20.7 Å². The number of benzene rings is 1. The van der Waals surface area contributed by atoms with Gasteiger partial charge >= 0.3 is 0 Å². The van der Waals surface area contributed by atoms with Gasteiger partial charge in [-0.05, 0) is 41.0 Å². The highest BCUT2D eigenvalue weighted by Crippen LogP contribution is 2.21. The third kappa shape index (κ3) is 4.51. The molecular weight excluding hydrogens is 335 g/mol. The lowest BCUT2D eigenvalue weighted by molar-refractivity contribution is 0.553. The van der Waals surface area contributed by atoms with E-state index >= 15 is 0 Å². The van der Waals surface area contributed by atoms with Crippen LogP contribution in [0.15, 0.2) is 27.6 Å². The van der Waals surface area contributed by atoms with Crippen molar-refractivity contribution in [1.29, 1.82) is 0 Å². The zero-order valence-corrected chi connectivity index (χ0v) is 12.0. The maximum Gasteiger partial charge on any atom is 0.243 e. The number of nitrogens with two attached hydrogens (primary N) is 1. The highest BCUT2D eigenvalue weighted by atomic mass is 79.9. The van der Waals surface area contributed by atoms with Gasteiger partial charge in [0.05, 0.1) is 4.47 Å². The van der Waals surface area contributed by atoms with Gasteiger partial charge in [0, 0.05) is 6.54 Å². The number of hydrogen-bond donors (Lipinski definition) is 2. The van der Waals surface area contributed by atoms with Gasteiger partial charge in [-0.25, -0.2) is 17.5 Å². The topological polar surface area (TPSA) is 72.2 Å². The summed E-state index contributed by atoms with van der Waals surface area (Å²) in [5, 5.41) is 0. The first-order chi connectivity index (χ1) is 7.49. The summed E-state index contributed by atoms with van der Waals surface area (Å²) in [6, 6.07) is 4.11. The van der Waals surface area contributed by atoms with Crippen molar-refractivity contribution in [3.8, 4) is 0 Å². The maximum atomic E-state index is 13.5. The molecule has 0 amide bonds. The van der Waals surface area contributed by atoms with E-state index in [1.807, 2.05) is 0 Å². The van der Waals surface area contributed by atoms with Gasteiger partial charge in [0.1, 0.15) is 4.90 Å². The summed E-state index contributed by atoms with van der Waals surface area (Å²) < 4.78 is 39.2. The van der Waals surface area contributed by atoms with Gasteiger partial charge in [0.2, 0.25) is 10.0 Å². The summed E-state index contributed by atoms with van der Waals surface area (Å²) >= 11 is 2.93. The van der Waals surface area contributed by atoms with Gasteiger partial charge in [-0.1, -0.05) is 6.07 Å². The molecule has 0 saturated heterocycles. The van der Waals surface area contributed by atoms with Crippen LogP contribution in [0, 0.1) is 5.82 Å². The zero-order valence-electron chi connectivity index (χ0n) is 8.82. The number of hydrogen-bond acceptors (Lipinski definition) is 3. The number of rotatable bonds is 5. The molecule has 17 heavy (non-hydrogen) atoms. The summed E-state index contributed by atoms with van der Waals surface area (Å²) in [6.45, 7) is 0.578. The quantitative estimate of drug-likeness (QED) is 0.795. The molecule has 0 saturated carbocycles. The van der Waals surface area contributed by atoms with Crippen LogP contribution in [0.5, 0.6) is 0 Å². The lowest BCUT2D eigenvalue weighted by Gasteiger charge is -2.07. The van der Waals surface area contributed by atoms with Gasteiger partial charge in [-0.2, -0.15) is 0 Å². The standard InChI is InChI=1S/C9H12BrFN2O2S.ClH/c10-7-3-1-4-8(9(7)11)16(14,15)13-6-2-5-12;/h1,3-4,13H,2,5-6,12H2;1H. The molecule has 0 spiro atoms. The van der Waals surface area contributed by atoms with Crippen LogP contribution >= 0.6 is 28.3 Å². The Hall–Kier alpha value is -0.210. The summed E-state index contributed by atoms with van der Waals surface area (Å²) in [7, 11) is -3.80. The monoisotopic (exact) mass is 346 g/mol. The minimum absolute atomic E-state index is 0. The Kier molecular flexibility index (Phi) is 7.18. The highest BCUT2D eigenvalue weighted by Gasteiger charge is 2.19. The summed E-state index contributed by atoms with van der Waals surface area (Å²) in [4.78, 5) is -0.362. The Balaban J connectivity index is 0.00000256. The zero-order chi connectivity index (χ0) is 12.2. The van der Waals surface area contributed by atoms with Crippen LogP contribution in [0.3, 0.4) is 0 Å². The molecule has 98 valence electrons. The van der Waals surface area contributed by atoms with Crippen molar-refractivity contribution in [2.45, 2.75) is 11.3 Å². The molecule has 0 atom stereocenters. The summed E-state index contributed by atoms with van der Waals surface area (Å²) in [5.74, 6) is -0.789. The molecule has 0 radical (unpaired) electrons. The van der Waals surface area contributed by atoms with Gasteiger partial charge in [-0.3, -0.25) is 0 Å². The van der Waals surface area contributed by atoms with Crippen molar-refractivity contribution in [3.63, 3.8) is 0 Å². The first-order valence-electron chi connectivity index (χ1n) is 4.63. The van der Waals surface area contributed by atoms with Gasteiger partial charge in [0.25, 0.3) is 0 Å². The second-order valence-corrected chi connectivity index (χ2v) is 5.68. The third-order valence-corrected chi connectivity index (χ3v) is 3.97. The molecule has 1 rings (SSSR count). The molecule has 0 fully saturated rings. The van der Waals surface area contributed by atoms with E-state index in [9.17, 15) is 12.8 Å². The van der Waals surface area contributed by atoms with Gasteiger partial charge in [0.15, 0.2) is 5.82 Å². The molecule has 0 aromatic heterocycles. The van der Waals surface area contributed by atoms with Crippen molar-refractivity contribution >= 4 is 38.4 Å². The summed E-state index contributed by atoms with van der Waals surface area (Å²) in [6.07, 6.45) is 0.509. The molecule has 0 aliphatic rings. The molecule has 8 heteroatoms. The Bertz CT molecular complexity index is 470. The van der Waals surface area contributed by atoms with Crippen molar-refractivity contribution in [2.75, 3.05) is 13.1 Å². The van der Waals surface area contributed by atoms with E-state index in [4.69, 9.17) is 5.73 Å². The average molecular weight is 348 g/mol. The maximum absolute atomic E-state index is 13.5. The first-order valence-corrected chi connectivity index (χ1v) is 6.90. The fourth-order valence-electron chi connectivity index (χ4n) is 1.08. The largest absolute Gasteiger partial charge is 0.330 e. The predicted octanol–water partition coefficient (Wildman–Crippen LogP) is 1.64. The first kappa shape index (κ1) is 16.8. The molecule has 1 aromatic carbocycles. The van der Waals surface area contributed by atoms with Crippen LogP contribution in [0.25, 0.3) is 0 Å². The molecule has 4 nitrogen and oxygen atoms in total. The minimum atomic E-state index is -3.80. The highest BCUT2D eigenvalue weighted by molar-refractivity contribution is 9.10. The normalized spacial score (nSPS) is 11.0. The van der Waals surface area contributed by atoms with Gasteiger partial charge < -0.3 is 5.73 Å². The van der Waals surface area contributed by atoms with Crippen LogP contribution in [0.4, 0.5) is 4.39 Å². The van der Waals surface area contributed by atoms with E-state index < -0.39 is 15.8 Å². The second kappa shape index (κ2) is 7.27. The van der Waals surface area contributed by atoms with Crippen molar-refractivity contribution in [2.24, 2.45) is 5.73 Å². The third-order valence-electron chi connectivity index (χ3n) is 1.88. The lowest BCUT2D eigenvalue weighted by Crippen LogP contribution is -2.27. The van der Waals surface area contributed by atoms with Crippen LogP contribution in [0.2, 0.25) is 0 Å². The van der Waals surface area contributed by atoms with Crippen molar-refractivity contribution in [1.82, 2.24) is 4.72 Å². The van der Waals surface area contributed by atoms with E-state index in [1.54, 1.807) is 0 Å². The van der Waals surface area contributed by atoms with E-state index in [-0.39, 0.29) is 28.3 Å². The Labute approximate surface area is 114 Å². The lowest BCUT2D eigenvalue weighted by atomic mass is 10.3. The number of sulfonamides is 1. The fourth-order valence-corrected chi connectivity index (χ4v) is 2.75. The minimum Gasteiger partial charge on any atom is -0.330 e. The van der Waals surface area contributed by atoms with Crippen LogP contribution in [-0.4, -0.2) is 21.5 Å². The molecule has 0 aliphatic heterocycles. The molecule has 0 unspecified atom stereocenters. The van der Waals surface area contributed by atoms with Crippen LogP contribution in [-0.2, 0) is 10.0 Å². The average Bonchev–Trinajstić information content (AvgIpc) is 2.22. The van der Waals surface area contributed by atoms with Crippen molar-refractivity contribution < 1.29 is 12.8 Å². The Morgan fingerprint density at radius 1 is 1.41 bits per heavy atom. The molecular formula is C9H13BrClFN2O2S. The second-order valence-electron chi connectivity index (χ2n) is 3.09. The predicted molar refractivity (Wildman–Crippen MR) is 70.2 cm³/mol. The van der Waals surface area contributed by atoms with E-state index in [0.29, 0.717) is 13.0 Å². The summed E-state index contributed by atoms with van der Waals surface area (Å²) in [5.41, 5.74) is 5.23. The molecule has 3 N–H and O–H groups in total.